The van der Waals surface area contributed by atoms with Gasteiger partial charge in [-0.3, -0.25) is 0 Å². The van der Waals surface area contributed by atoms with Crippen LogP contribution >= 0.6 is 0 Å². The molecule has 0 saturated carbocycles. The smallest absolute Gasteiger partial charge is 0.338 e. The molecule has 2 fully saturated rings. The maximum absolute atomic E-state index is 12.4. The van der Waals surface area contributed by atoms with Gasteiger partial charge in [-0.1, -0.05) is 50.2 Å². The van der Waals surface area contributed by atoms with E-state index in [2.05, 4.69) is 0 Å². The third-order valence-corrected chi connectivity index (χ3v) is 6.04. The van der Waals surface area contributed by atoms with Crippen LogP contribution < -0.4 is 0 Å². The van der Waals surface area contributed by atoms with Crippen molar-refractivity contribution in [1.29, 1.82) is 0 Å². The van der Waals surface area contributed by atoms with Crippen LogP contribution in [0.25, 0.3) is 0 Å². The highest BCUT2D eigenvalue weighted by Gasteiger charge is 2.64. The van der Waals surface area contributed by atoms with E-state index in [4.69, 9.17) is 23.7 Å². The van der Waals surface area contributed by atoms with Gasteiger partial charge in [0.1, 0.15) is 31.5 Å². The van der Waals surface area contributed by atoms with Gasteiger partial charge in [-0.2, -0.15) is 0 Å². The molecule has 0 aliphatic carbocycles. The Hall–Kier alpha value is -2.78. The van der Waals surface area contributed by atoms with E-state index in [1.165, 1.54) is 0 Å². The summed E-state index contributed by atoms with van der Waals surface area (Å²) < 4.78 is 28.9. The number of hydrogen-bond acceptors (Lipinski definition) is 8. The molecular formula is C25H28O8. The molecule has 0 aromatic heterocycles. The van der Waals surface area contributed by atoms with E-state index in [1.54, 1.807) is 60.7 Å². The lowest BCUT2D eigenvalue weighted by Crippen LogP contribution is -2.48. The first kappa shape index (κ1) is 23.4. The number of carbonyl (C=O) groups is 2. The van der Waals surface area contributed by atoms with Gasteiger partial charge in [-0.05, 0) is 37.1 Å². The Balaban J connectivity index is 1.47. The van der Waals surface area contributed by atoms with Gasteiger partial charge in [0.25, 0.3) is 0 Å². The second kappa shape index (κ2) is 9.61. The molecule has 2 aromatic carbocycles. The summed E-state index contributed by atoms with van der Waals surface area (Å²) in [6.07, 6.45) is -1.32. The summed E-state index contributed by atoms with van der Waals surface area (Å²) in [6, 6.07) is 17.0. The van der Waals surface area contributed by atoms with Crippen LogP contribution in [0.3, 0.4) is 0 Å². The van der Waals surface area contributed by atoms with Crippen LogP contribution in [0.5, 0.6) is 0 Å². The Bertz CT molecular complexity index is 959. The molecule has 0 spiro atoms. The summed E-state index contributed by atoms with van der Waals surface area (Å²) in [4.78, 5) is 24.8. The Labute approximate surface area is 192 Å². The number of esters is 2. The van der Waals surface area contributed by atoms with Crippen LogP contribution in [-0.2, 0) is 23.7 Å². The summed E-state index contributed by atoms with van der Waals surface area (Å²) in [6.45, 7) is 3.23. The first-order valence-electron chi connectivity index (χ1n) is 11.1. The molecule has 4 rings (SSSR count). The number of hydrogen-bond donors (Lipinski definition) is 1. The van der Waals surface area contributed by atoms with Crippen molar-refractivity contribution in [2.75, 3.05) is 13.2 Å². The minimum Gasteiger partial charge on any atom is -0.459 e. The lowest BCUT2D eigenvalue weighted by atomic mass is 10.1. The van der Waals surface area contributed by atoms with E-state index in [-0.39, 0.29) is 6.61 Å². The topological polar surface area (TPSA) is 101 Å². The predicted molar refractivity (Wildman–Crippen MR) is 116 cm³/mol. The molecule has 0 amide bonds. The molecule has 8 heteroatoms. The molecule has 0 bridgehead atoms. The fourth-order valence-electron chi connectivity index (χ4n) is 4.12. The SMILES string of the molecule is CCC1(CC)O[C@H]2[C@@H](O1)C(O)(COC(=O)c1ccccc1)O[C@@H]2COC(=O)c1ccccc1. The zero-order valence-electron chi connectivity index (χ0n) is 18.6. The van der Waals surface area contributed by atoms with E-state index in [0.717, 1.165) is 0 Å². The second-order valence-electron chi connectivity index (χ2n) is 8.15. The third kappa shape index (κ3) is 4.79. The van der Waals surface area contributed by atoms with Crippen LogP contribution in [0.1, 0.15) is 47.4 Å². The molecule has 2 aromatic rings. The summed E-state index contributed by atoms with van der Waals surface area (Å²) in [5.41, 5.74) is 0.753. The number of aliphatic hydroxyl groups is 1. The van der Waals surface area contributed by atoms with Crippen molar-refractivity contribution in [2.24, 2.45) is 0 Å². The van der Waals surface area contributed by atoms with Gasteiger partial charge in [0, 0.05) is 0 Å². The van der Waals surface area contributed by atoms with E-state index in [1.807, 2.05) is 13.8 Å². The average Bonchev–Trinajstić information content (AvgIpc) is 3.38. The fourth-order valence-corrected chi connectivity index (χ4v) is 4.12. The second-order valence-corrected chi connectivity index (χ2v) is 8.15. The first-order valence-corrected chi connectivity index (χ1v) is 11.1. The molecule has 0 radical (unpaired) electrons. The van der Waals surface area contributed by atoms with E-state index >= 15 is 0 Å². The number of fused-ring (bicyclic) bond motifs is 1. The lowest BCUT2D eigenvalue weighted by molar-refractivity contribution is -0.294. The maximum Gasteiger partial charge on any atom is 0.338 e. The summed E-state index contributed by atoms with van der Waals surface area (Å²) in [7, 11) is 0. The normalized spacial score (nSPS) is 27.7. The van der Waals surface area contributed by atoms with Crippen molar-refractivity contribution in [3.63, 3.8) is 0 Å². The maximum atomic E-state index is 12.4. The van der Waals surface area contributed by atoms with Gasteiger partial charge < -0.3 is 28.8 Å². The van der Waals surface area contributed by atoms with Crippen molar-refractivity contribution in [1.82, 2.24) is 0 Å². The van der Waals surface area contributed by atoms with Gasteiger partial charge in [-0.15, -0.1) is 0 Å². The van der Waals surface area contributed by atoms with E-state index in [0.29, 0.717) is 24.0 Å². The van der Waals surface area contributed by atoms with Gasteiger partial charge in [0.2, 0.25) is 5.79 Å². The van der Waals surface area contributed by atoms with Crippen molar-refractivity contribution in [3.8, 4) is 0 Å². The summed E-state index contributed by atoms with van der Waals surface area (Å²) in [5.74, 6) is -3.97. The van der Waals surface area contributed by atoms with Gasteiger partial charge in [0.15, 0.2) is 5.79 Å². The van der Waals surface area contributed by atoms with Crippen LogP contribution in [0.4, 0.5) is 0 Å². The molecule has 2 saturated heterocycles. The molecule has 2 heterocycles. The van der Waals surface area contributed by atoms with Gasteiger partial charge >= 0.3 is 11.9 Å². The van der Waals surface area contributed by atoms with Gasteiger partial charge in [0.05, 0.1) is 11.1 Å². The molecule has 1 N–H and O–H groups in total. The molecule has 2 aliphatic rings. The number of benzene rings is 2. The third-order valence-electron chi connectivity index (χ3n) is 6.04. The zero-order chi connectivity index (χ0) is 23.5. The van der Waals surface area contributed by atoms with Crippen molar-refractivity contribution < 1.29 is 38.4 Å². The van der Waals surface area contributed by atoms with Crippen LogP contribution in [0.15, 0.2) is 60.7 Å². The quantitative estimate of drug-likeness (QED) is 0.605. The largest absolute Gasteiger partial charge is 0.459 e. The van der Waals surface area contributed by atoms with E-state index in [9.17, 15) is 14.7 Å². The molecule has 2 aliphatic heterocycles. The Kier molecular flexibility index (Phi) is 6.81. The zero-order valence-corrected chi connectivity index (χ0v) is 18.6. The highest BCUT2D eigenvalue weighted by molar-refractivity contribution is 5.89. The molecular weight excluding hydrogens is 428 g/mol. The highest BCUT2D eigenvalue weighted by Crippen LogP contribution is 2.46. The fraction of sp³-hybridized carbons (Fsp3) is 0.440. The van der Waals surface area contributed by atoms with Crippen molar-refractivity contribution in [3.05, 3.63) is 71.8 Å². The summed E-state index contributed by atoms with van der Waals surface area (Å²) >= 11 is 0. The standard InChI is InChI=1S/C25H28O8/c1-3-24(4-2)32-20-19(15-29-22(26)17-11-7-5-8-12-17)31-25(28,21(20)33-24)16-30-23(27)18-13-9-6-10-14-18/h5-14,19-21,28H,3-4,15-16H2,1-2H3/t19-,20-,21-,25?/m1/s1. The molecule has 8 nitrogen and oxygen atoms in total. The van der Waals surface area contributed by atoms with Crippen molar-refractivity contribution >= 4 is 11.9 Å². The van der Waals surface area contributed by atoms with Crippen LogP contribution in [0, 0.1) is 0 Å². The van der Waals surface area contributed by atoms with Crippen LogP contribution in [0.2, 0.25) is 0 Å². The monoisotopic (exact) mass is 456 g/mol. The number of rotatable bonds is 8. The van der Waals surface area contributed by atoms with Gasteiger partial charge in [-0.25, -0.2) is 9.59 Å². The molecule has 1 unspecified atom stereocenters. The van der Waals surface area contributed by atoms with Crippen LogP contribution in [-0.4, -0.2) is 60.1 Å². The lowest BCUT2D eigenvalue weighted by Gasteiger charge is -2.32. The summed E-state index contributed by atoms with van der Waals surface area (Å²) in [5, 5.41) is 11.3. The molecule has 33 heavy (non-hydrogen) atoms. The average molecular weight is 456 g/mol. The highest BCUT2D eigenvalue weighted by atomic mass is 16.8. The minimum atomic E-state index is -1.95. The Morgan fingerprint density at radius 2 is 1.39 bits per heavy atom. The van der Waals surface area contributed by atoms with E-state index < -0.39 is 48.4 Å². The number of ether oxygens (including phenoxy) is 5. The number of carbonyl (C=O) groups excluding carboxylic acids is 2. The predicted octanol–water partition coefficient (Wildman–Crippen LogP) is 3.09. The first-order chi connectivity index (χ1) is 15.9. The minimum absolute atomic E-state index is 0.156. The van der Waals surface area contributed by atoms with Crippen molar-refractivity contribution in [2.45, 2.75) is 56.6 Å². The molecule has 4 atom stereocenters. The Morgan fingerprint density at radius 1 is 0.848 bits per heavy atom. The molecule has 176 valence electrons. The Morgan fingerprint density at radius 3 is 1.94 bits per heavy atom.